The van der Waals surface area contributed by atoms with Gasteiger partial charge in [0.15, 0.2) is 5.78 Å². The Kier molecular flexibility index (Phi) is 9.78. The molecule has 3 aromatic rings. The second-order valence-electron chi connectivity index (χ2n) is 7.88. The summed E-state index contributed by atoms with van der Waals surface area (Å²) in [6, 6.07) is 22.7. The number of benzene rings is 3. The van der Waals surface area contributed by atoms with Crippen molar-refractivity contribution < 1.29 is 28.5 Å². The van der Waals surface area contributed by atoms with E-state index in [1.165, 1.54) is 0 Å². The van der Waals surface area contributed by atoms with Crippen LogP contribution in [-0.2, 0) is 25.6 Å². The molecule has 0 saturated heterocycles. The maximum Gasteiger partial charge on any atom is 0.333 e. The molecule has 3 aromatic carbocycles. The van der Waals surface area contributed by atoms with Gasteiger partial charge in [0.1, 0.15) is 12.4 Å². The minimum Gasteiger partial charge on any atom is -0.496 e. The zero-order chi connectivity index (χ0) is 25.0. The van der Waals surface area contributed by atoms with Crippen LogP contribution in [0.5, 0.6) is 5.75 Å². The molecule has 6 heteroatoms. The molecule has 0 amide bonds. The van der Waals surface area contributed by atoms with Crippen molar-refractivity contribution in [3.63, 3.8) is 0 Å². The highest BCUT2D eigenvalue weighted by molar-refractivity contribution is 6.09. The molecule has 0 heterocycles. The van der Waals surface area contributed by atoms with E-state index in [9.17, 15) is 9.59 Å². The van der Waals surface area contributed by atoms with E-state index in [1.54, 1.807) is 14.0 Å². The molecular formula is C29H30O6. The lowest BCUT2D eigenvalue weighted by atomic mass is 9.98. The minimum absolute atomic E-state index is 0.00262. The molecule has 0 spiro atoms. The first-order chi connectivity index (χ1) is 17.0. The van der Waals surface area contributed by atoms with E-state index in [0.29, 0.717) is 43.1 Å². The maximum atomic E-state index is 12.6. The van der Waals surface area contributed by atoms with Gasteiger partial charge in [-0.25, -0.2) is 4.79 Å². The molecule has 0 aliphatic heterocycles. The van der Waals surface area contributed by atoms with Gasteiger partial charge in [-0.3, -0.25) is 4.79 Å². The van der Waals surface area contributed by atoms with E-state index < -0.39 is 5.97 Å². The first kappa shape index (κ1) is 25.9. The highest BCUT2D eigenvalue weighted by atomic mass is 16.6. The average molecular weight is 475 g/mol. The van der Waals surface area contributed by atoms with E-state index in [0.717, 1.165) is 22.4 Å². The van der Waals surface area contributed by atoms with Crippen molar-refractivity contribution in [3.8, 4) is 16.9 Å². The molecule has 0 aliphatic rings. The maximum absolute atomic E-state index is 12.6. The smallest absolute Gasteiger partial charge is 0.333 e. The molecule has 35 heavy (non-hydrogen) atoms. The molecule has 0 aliphatic carbocycles. The van der Waals surface area contributed by atoms with Crippen LogP contribution >= 0.6 is 0 Å². The second kappa shape index (κ2) is 13.2. The van der Waals surface area contributed by atoms with E-state index in [1.807, 2.05) is 72.8 Å². The molecule has 0 aromatic heterocycles. The van der Waals surface area contributed by atoms with Crippen LogP contribution in [0.3, 0.4) is 0 Å². The summed E-state index contributed by atoms with van der Waals surface area (Å²) in [5.74, 6) is 0.309. The Balaban J connectivity index is 1.53. The third kappa shape index (κ3) is 7.64. The topological polar surface area (TPSA) is 71.1 Å². The summed E-state index contributed by atoms with van der Waals surface area (Å²) in [6.07, 6.45) is 0. The lowest BCUT2D eigenvalue weighted by molar-refractivity contribution is -0.140. The van der Waals surface area contributed by atoms with E-state index in [-0.39, 0.29) is 12.4 Å². The summed E-state index contributed by atoms with van der Waals surface area (Å²) in [5, 5.41) is 0. The monoisotopic (exact) mass is 474 g/mol. The Labute approximate surface area is 206 Å². The van der Waals surface area contributed by atoms with Crippen LogP contribution < -0.4 is 4.74 Å². The summed E-state index contributed by atoms with van der Waals surface area (Å²) in [7, 11) is 1.62. The third-order valence-electron chi connectivity index (χ3n) is 5.24. The van der Waals surface area contributed by atoms with Gasteiger partial charge < -0.3 is 18.9 Å². The number of hydrogen-bond donors (Lipinski definition) is 0. The molecule has 0 fully saturated rings. The van der Waals surface area contributed by atoms with Crippen LogP contribution in [0.2, 0.25) is 0 Å². The lowest BCUT2D eigenvalue weighted by Gasteiger charge is -2.12. The number of hydrogen-bond acceptors (Lipinski definition) is 6. The zero-order valence-electron chi connectivity index (χ0n) is 20.1. The van der Waals surface area contributed by atoms with E-state index in [2.05, 4.69) is 6.58 Å². The van der Waals surface area contributed by atoms with Crippen molar-refractivity contribution in [2.45, 2.75) is 13.5 Å². The lowest BCUT2D eigenvalue weighted by Crippen LogP contribution is -2.13. The summed E-state index contributed by atoms with van der Waals surface area (Å²) in [4.78, 5) is 24.0. The van der Waals surface area contributed by atoms with Crippen molar-refractivity contribution in [3.05, 3.63) is 102 Å². The Hall–Kier alpha value is -3.74. The Bertz CT molecular complexity index is 1140. The Morgan fingerprint density at radius 3 is 2.09 bits per heavy atom. The van der Waals surface area contributed by atoms with Gasteiger partial charge in [0.2, 0.25) is 0 Å². The summed E-state index contributed by atoms with van der Waals surface area (Å²) in [5.41, 5.74) is 4.57. The predicted octanol–water partition coefficient (Wildman–Crippen LogP) is 5.25. The van der Waals surface area contributed by atoms with Crippen molar-refractivity contribution in [2.24, 2.45) is 0 Å². The first-order valence-corrected chi connectivity index (χ1v) is 11.3. The molecule has 0 bridgehead atoms. The number of ether oxygens (including phenoxy) is 4. The number of rotatable bonds is 13. The number of carbonyl (C=O) groups excluding carboxylic acids is 2. The van der Waals surface area contributed by atoms with Crippen molar-refractivity contribution >= 4 is 11.8 Å². The van der Waals surface area contributed by atoms with Gasteiger partial charge in [0.05, 0.1) is 33.5 Å². The summed E-state index contributed by atoms with van der Waals surface area (Å²) >= 11 is 0. The molecule has 0 atom stereocenters. The van der Waals surface area contributed by atoms with Crippen LogP contribution in [0.15, 0.2) is 84.9 Å². The minimum atomic E-state index is -0.422. The van der Waals surface area contributed by atoms with Crippen LogP contribution in [0.25, 0.3) is 11.1 Å². The second-order valence-corrected chi connectivity index (χ2v) is 7.88. The summed E-state index contributed by atoms with van der Waals surface area (Å²) < 4.78 is 21.6. The van der Waals surface area contributed by atoms with Gasteiger partial charge in [-0.15, -0.1) is 0 Å². The predicted molar refractivity (Wildman–Crippen MR) is 135 cm³/mol. The molecule has 0 saturated carbocycles. The average Bonchev–Trinajstić information content (AvgIpc) is 2.90. The van der Waals surface area contributed by atoms with Gasteiger partial charge in [-0.05, 0) is 30.2 Å². The number of ketones is 1. The summed E-state index contributed by atoms with van der Waals surface area (Å²) in [6.45, 7) is 6.72. The van der Waals surface area contributed by atoms with Gasteiger partial charge >= 0.3 is 5.97 Å². The molecule has 6 nitrogen and oxygen atoms in total. The van der Waals surface area contributed by atoms with Gasteiger partial charge in [0, 0.05) is 22.3 Å². The third-order valence-corrected chi connectivity index (χ3v) is 5.24. The van der Waals surface area contributed by atoms with Crippen LogP contribution in [0.1, 0.15) is 28.4 Å². The number of methoxy groups -OCH3 is 1. The SMILES string of the molecule is C=C(C)C(=O)OCCOCCOCc1cc(-c2ccc(C(=O)c3ccccc3)cc2)ccc1OC. The first-order valence-electron chi connectivity index (χ1n) is 11.3. The fourth-order valence-corrected chi connectivity index (χ4v) is 3.36. The van der Waals surface area contributed by atoms with Crippen LogP contribution in [0.4, 0.5) is 0 Å². The van der Waals surface area contributed by atoms with Crippen molar-refractivity contribution in [2.75, 3.05) is 33.5 Å². The van der Waals surface area contributed by atoms with E-state index in [4.69, 9.17) is 18.9 Å². The molecule has 3 rings (SSSR count). The highest BCUT2D eigenvalue weighted by Crippen LogP contribution is 2.28. The molecule has 182 valence electrons. The number of carbonyl (C=O) groups is 2. The van der Waals surface area contributed by atoms with E-state index >= 15 is 0 Å². The van der Waals surface area contributed by atoms with Gasteiger partial charge in [-0.1, -0.05) is 67.2 Å². The highest BCUT2D eigenvalue weighted by Gasteiger charge is 2.10. The van der Waals surface area contributed by atoms with Gasteiger partial charge in [0.25, 0.3) is 0 Å². The van der Waals surface area contributed by atoms with Crippen LogP contribution in [0, 0.1) is 0 Å². The van der Waals surface area contributed by atoms with Crippen molar-refractivity contribution in [1.29, 1.82) is 0 Å². The zero-order valence-corrected chi connectivity index (χ0v) is 20.1. The molecular weight excluding hydrogens is 444 g/mol. The normalized spacial score (nSPS) is 10.6. The largest absolute Gasteiger partial charge is 0.496 e. The standard InChI is InChI=1S/C29H30O6/c1-21(2)29(31)35-18-17-33-15-16-34-20-26-19-25(13-14-27(26)32-3)22-9-11-24(12-10-22)28(30)23-7-5-4-6-8-23/h4-14,19H,1,15-18,20H2,2-3H3. The fourth-order valence-electron chi connectivity index (χ4n) is 3.36. The molecule has 0 N–H and O–H groups in total. The molecule has 0 unspecified atom stereocenters. The quantitative estimate of drug-likeness (QED) is 0.146. The number of esters is 1. The Morgan fingerprint density at radius 2 is 1.40 bits per heavy atom. The fraction of sp³-hybridized carbons (Fsp3) is 0.241. The van der Waals surface area contributed by atoms with Crippen LogP contribution in [-0.4, -0.2) is 45.3 Å². The van der Waals surface area contributed by atoms with Gasteiger partial charge in [-0.2, -0.15) is 0 Å². The van der Waals surface area contributed by atoms with Crippen molar-refractivity contribution in [1.82, 2.24) is 0 Å². The molecule has 0 radical (unpaired) electrons. The Morgan fingerprint density at radius 1 is 0.771 bits per heavy atom.